The van der Waals surface area contributed by atoms with Crippen LogP contribution in [-0.2, 0) is 0 Å². The van der Waals surface area contributed by atoms with E-state index in [1.54, 1.807) is 0 Å². The zero-order valence-corrected chi connectivity index (χ0v) is 11.5. The summed E-state index contributed by atoms with van der Waals surface area (Å²) in [6, 6.07) is 1.97. The van der Waals surface area contributed by atoms with Gasteiger partial charge in [-0.2, -0.15) is 0 Å². The Morgan fingerprint density at radius 1 is 1.06 bits per heavy atom. The molecular formula is C13H24N4. The largest absolute Gasteiger partial charge is 0.370 e. The third kappa shape index (κ3) is 4.59. The first-order chi connectivity index (χ1) is 8.02. The average molecular weight is 236 g/mol. The molecule has 0 unspecified atom stereocenters. The predicted octanol–water partition coefficient (Wildman–Crippen LogP) is 3.10. The summed E-state index contributed by atoms with van der Waals surface area (Å²) in [7, 11) is 0. The van der Waals surface area contributed by atoms with Crippen LogP contribution in [0, 0.1) is 5.92 Å². The topological polar surface area (TPSA) is 49.8 Å². The van der Waals surface area contributed by atoms with Crippen molar-refractivity contribution in [2.45, 2.75) is 40.5 Å². The van der Waals surface area contributed by atoms with Crippen LogP contribution in [-0.4, -0.2) is 23.1 Å². The summed E-state index contributed by atoms with van der Waals surface area (Å²) in [6.45, 7) is 12.5. The van der Waals surface area contributed by atoms with E-state index in [4.69, 9.17) is 0 Å². The van der Waals surface area contributed by atoms with Gasteiger partial charge in [0.25, 0.3) is 0 Å². The van der Waals surface area contributed by atoms with Crippen molar-refractivity contribution in [1.82, 2.24) is 9.97 Å². The van der Waals surface area contributed by atoms with Gasteiger partial charge in [0.05, 0.1) is 0 Å². The second-order valence-corrected chi connectivity index (χ2v) is 4.96. The molecule has 0 saturated heterocycles. The number of rotatable bonds is 6. The monoisotopic (exact) mass is 236 g/mol. The van der Waals surface area contributed by atoms with Crippen LogP contribution in [0.4, 0.5) is 11.6 Å². The van der Waals surface area contributed by atoms with E-state index in [0.717, 1.165) is 30.5 Å². The maximum absolute atomic E-state index is 4.52. The van der Waals surface area contributed by atoms with Crippen LogP contribution in [0.1, 0.15) is 46.4 Å². The maximum atomic E-state index is 4.52. The number of nitrogens with zero attached hydrogens (tertiary/aromatic N) is 2. The summed E-state index contributed by atoms with van der Waals surface area (Å²) in [5.74, 6) is 3.64. The van der Waals surface area contributed by atoms with Gasteiger partial charge in [0.1, 0.15) is 17.5 Å². The van der Waals surface area contributed by atoms with Crippen molar-refractivity contribution in [3.63, 3.8) is 0 Å². The Morgan fingerprint density at radius 3 is 2.12 bits per heavy atom. The lowest BCUT2D eigenvalue weighted by Gasteiger charge is -2.13. The average Bonchev–Trinajstić information content (AvgIpc) is 2.26. The van der Waals surface area contributed by atoms with Crippen LogP contribution in [0.25, 0.3) is 0 Å². The smallest absolute Gasteiger partial charge is 0.135 e. The number of aromatic nitrogens is 2. The van der Waals surface area contributed by atoms with Gasteiger partial charge in [-0.25, -0.2) is 9.97 Å². The van der Waals surface area contributed by atoms with Crippen LogP contribution in [0.5, 0.6) is 0 Å². The zero-order valence-electron chi connectivity index (χ0n) is 11.5. The molecular weight excluding hydrogens is 212 g/mol. The molecule has 1 rings (SSSR count). The molecule has 0 spiro atoms. The summed E-state index contributed by atoms with van der Waals surface area (Å²) < 4.78 is 0. The summed E-state index contributed by atoms with van der Waals surface area (Å²) in [4.78, 5) is 9.01. The minimum atomic E-state index is 0.341. The first kappa shape index (κ1) is 13.7. The fraction of sp³-hybridized carbons (Fsp3) is 0.692. The number of hydrogen-bond acceptors (Lipinski definition) is 4. The summed E-state index contributed by atoms with van der Waals surface area (Å²) in [5, 5.41) is 6.59. The second kappa shape index (κ2) is 6.42. The van der Waals surface area contributed by atoms with Crippen molar-refractivity contribution < 1.29 is 0 Å². The third-order valence-electron chi connectivity index (χ3n) is 2.31. The van der Waals surface area contributed by atoms with E-state index in [-0.39, 0.29) is 0 Å². The zero-order chi connectivity index (χ0) is 12.8. The van der Waals surface area contributed by atoms with Gasteiger partial charge >= 0.3 is 0 Å². The molecule has 0 atom stereocenters. The Labute approximate surface area is 104 Å². The van der Waals surface area contributed by atoms with E-state index >= 15 is 0 Å². The van der Waals surface area contributed by atoms with Crippen LogP contribution in [0.15, 0.2) is 6.07 Å². The first-order valence-electron chi connectivity index (χ1n) is 6.39. The second-order valence-electron chi connectivity index (χ2n) is 4.96. The van der Waals surface area contributed by atoms with Crippen molar-refractivity contribution in [2.24, 2.45) is 5.92 Å². The highest BCUT2D eigenvalue weighted by atomic mass is 15.1. The summed E-state index contributed by atoms with van der Waals surface area (Å²) >= 11 is 0. The summed E-state index contributed by atoms with van der Waals surface area (Å²) in [5.41, 5.74) is 0. The van der Waals surface area contributed by atoms with Crippen molar-refractivity contribution in [2.75, 3.05) is 23.7 Å². The molecule has 0 aliphatic carbocycles. The van der Waals surface area contributed by atoms with Gasteiger partial charge in [0.2, 0.25) is 0 Å². The van der Waals surface area contributed by atoms with Gasteiger partial charge in [-0.3, -0.25) is 0 Å². The molecule has 17 heavy (non-hydrogen) atoms. The van der Waals surface area contributed by atoms with Crippen LogP contribution < -0.4 is 10.6 Å². The molecule has 0 amide bonds. The van der Waals surface area contributed by atoms with Gasteiger partial charge in [-0.05, 0) is 12.8 Å². The molecule has 2 N–H and O–H groups in total. The predicted molar refractivity (Wildman–Crippen MR) is 73.6 cm³/mol. The van der Waals surface area contributed by atoms with Crippen molar-refractivity contribution in [3.05, 3.63) is 11.9 Å². The molecule has 4 nitrogen and oxygen atoms in total. The van der Waals surface area contributed by atoms with Crippen LogP contribution >= 0.6 is 0 Å². The Morgan fingerprint density at radius 2 is 1.65 bits per heavy atom. The van der Waals surface area contributed by atoms with E-state index in [1.807, 2.05) is 6.07 Å². The molecule has 1 aromatic rings. The lowest BCUT2D eigenvalue weighted by Crippen LogP contribution is -2.12. The molecule has 96 valence electrons. The lowest BCUT2D eigenvalue weighted by atomic mass is 10.2. The number of nitrogens with one attached hydrogen (secondary N) is 2. The minimum Gasteiger partial charge on any atom is -0.370 e. The first-order valence-corrected chi connectivity index (χ1v) is 6.39. The minimum absolute atomic E-state index is 0.341. The maximum Gasteiger partial charge on any atom is 0.135 e. The van der Waals surface area contributed by atoms with Crippen molar-refractivity contribution in [1.29, 1.82) is 0 Å². The van der Waals surface area contributed by atoms with Gasteiger partial charge in [0, 0.05) is 25.1 Å². The van der Waals surface area contributed by atoms with E-state index in [1.165, 1.54) is 0 Å². The van der Waals surface area contributed by atoms with Gasteiger partial charge in [-0.15, -0.1) is 0 Å². The van der Waals surface area contributed by atoms with E-state index in [9.17, 15) is 0 Å². The quantitative estimate of drug-likeness (QED) is 0.797. The fourth-order valence-electron chi connectivity index (χ4n) is 1.40. The Hall–Kier alpha value is -1.32. The van der Waals surface area contributed by atoms with Crippen molar-refractivity contribution >= 4 is 11.6 Å². The molecule has 1 heterocycles. The molecule has 1 aromatic heterocycles. The number of hydrogen-bond donors (Lipinski definition) is 2. The molecule has 0 aromatic carbocycles. The molecule has 0 radical (unpaired) electrons. The van der Waals surface area contributed by atoms with E-state index in [0.29, 0.717) is 11.8 Å². The molecule has 0 aliphatic heterocycles. The molecule has 4 heteroatoms. The van der Waals surface area contributed by atoms with Crippen molar-refractivity contribution in [3.8, 4) is 0 Å². The summed E-state index contributed by atoms with van der Waals surface area (Å²) in [6.07, 6.45) is 0. The standard InChI is InChI=1S/C13H24N4/c1-6-14-11-7-12(15-8-9(2)3)17-13(16-11)10(4)5/h7,9-10H,6,8H2,1-5H3,(H2,14,15,16,17). The van der Waals surface area contributed by atoms with E-state index in [2.05, 4.69) is 55.2 Å². The highest BCUT2D eigenvalue weighted by Crippen LogP contribution is 2.17. The highest BCUT2D eigenvalue weighted by Gasteiger charge is 2.07. The molecule has 0 saturated carbocycles. The van der Waals surface area contributed by atoms with Crippen LogP contribution in [0.3, 0.4) is 0 Å². The van der Waals surface area contributed by atoms with Crippen LogP contribution in [0.2, 0.25) is 0 Å². The fourth-order valence-corrected chi connectivity index (χ4v) is 1.40. The lowest BCUT2D eigenvalue weighted by molar-refractivity contribution is 0.684. The van der Waals surface area contributed by atoms with Gasteiger partial charge in [-0.1, -0.05) is 27.7 Å². The normalized spacial score (nSPS) is 11.0. The van der Waals surface area contributed by atoms with E-state index < -0.39 is 0 Å². The Bertz CT molecular complexity index is 347. The highest BCUT2D eigenvalue weighted by molar-refractivity contribution is 5.47. The molecule has 0 fully saturated rings. The Kier molecular flexibility index (Phi) is 5.19. The number of anilines is 2. The third-order valence-corrected chi connectivity index (χ3v) is 2.31. The van der Waals surface area contributed by atoms with Gasteiger partial charge in [0.15, 0.2) is 0 Å². The van der Waals surface area contributed by atoms with Gasteiger partial charge < -0.3 is 10.6 Å². The SMILES string of the molecule is CCNc1cc(NCC(C)C)nc(C(C)C)n1. The molecule has 0 aliphatic rings. The Balaban J connectivity index is 2.87. The molecule has 0 bridgehead atoms.